The number of ether oxygens (including phenoxy) is 1. The lowest BCUT2D eigenvalue weighted by Crippen LogP contribution is -2.42. The van der Waals surface area contributed by atoms with Gasteiger partial charge in [-0.1, -0.05) is 29.5 Å². The number of phenolic OH excluding ortho intramolecular Hbond substituents is 1. The first-order valence-electron chi connectivity index (χ1n) is 12.8. The van der Waals surface area contributed by atoms with Crippen LogP contribution in [0.1, 0.15) is 22.8 Å². The Bertz CT molecular complexity index is 1570. The maximum atomic E-state index is 13.7. The van der Waals surface area contributed by atoms with Gasteiger partial charge >= 0.3 is 4.87 Å². The molecule has 2 aliphatic heterocycles. The molecule has 2 aromatic carbocycles. The third kappa shape index (κ3) is 3.66. The number of methoxy groups -OCH3 is 1. The lowest BCUT2D eigenvalue weighted by Gasteiger charge is -2.43. The molecule has 4 aliphatic rings. The Hall–Kier alpha value is -3.57. The minimum absolute atomic E-state index is 0.0154. The lowest BCUT2D eigenvalue weighted by atomic mass is 9.68. The number of amides is 3. The van der Waals surface area contributed by atoms with E-state index >= 15 is 0 Å². The number of aromatic nitrogens is 1. The summed E-state index contributed by atoms with van der Waals surface area (Å²) in [5.41, 5.74) is 1.29. The largest absolute Gasteiger partial charge is 0.508 e. The highest BCUT2D eigenvalue weighted by molar-refractivity contribution is 8.00. The third-order valence-electron chi connectivity index (χ3n) is 8.76. The van der Waals surface area contributed by atoms with E-state index in [1.807, 2.05) is 12.1 Å². The standard InChI is InChI=1S/C28H25N3O6S2/c1-37-13-8-6-12(7-9-13)29-18(33)11-31-26(34)21-15-10-16(22(21)27(31)35)23-20(15)19(14-4-2-3-5-17(14)32)24-25(38-23)30-28(36)39-24/h2-9,15-16,19-23,32H,10-11H2,1H3,(H,29,33)(H,30,36). The van der Waals surface area contributed by atoms with Gasteiger partial charge in [-0.3, -0.25) is 24.1 Å². The predicted molar refractivity (Wildman–Crippen MR) is 145 cm³/mol. The second kappa shape index (κ2) is 8.99. The van der Waals surface area contributed by atoms with Crippen LogP contribution in [0.4, 0.5) is 5.69 Å². The first kappa shape index (κ1) is 24.5. The van der Waals surface area contributed by atoms with Crippen molar-refractivity contribution in [2.45, 2.75) is 22.6 Å². The Morgan fingerprint density at radius 1 is 1.08 bits per heavy atom. The summed E-state index contributed by atoms with van der Waals surface area (Å²) in [5, 5.41) is 14.4. The molecule has 3 amide bonds. The minimum atomic E-state index is -0.497. The molecule has 0 radical (unpaired) electrons. The van der Waals surface area contributed by atoms with Gasteiger partial charge in [-0.2, -0.15) is 0 Å². The quantitative estimate of drug-likeness (QED) is 0.407. The number of fused-ring (bicyclic) bond motifs is 9. The molecule has 11 heteroatoms. The summed E-state index contributed by atoms with van der Waals surface area (Å²) < 4.78 is 5.14. The molecule has 1 aromatic heterocycles. The molecular formula is C28H25N3O6S2. The number of thioether (sulfide) groups is 1. The van der Waals surface area contributed by atoms with Crippen molar-refractivity contribution in [3.63, 3.8) is 0 Å². The molecule has 2 aliphatic carbocycles. The van der Waals surface area contributed by atoms with Crippen molar-refractivity contribution in [2.24, 2.45) is 29.6 Å². The average molecular weight is 564 g/mol. The summed E-state index contributed by atoms with van der Waals surface area (Å²) in [6.45, 7) is -0.331. The number of likely N-dealkylation sites (tertiary alicyclic amines) is 1. The van der Waals surface area contributed by atoms with Gasteiger partial charge in [0.2, 0.25) is 17.7 Å². The van der Waals surface area contributed by atoms with Crippen LogP contribution in [0.2, 0.25) is 0 Å². The van der Waals surface area contributed by atoms with Crippen LogP contribution in [0.15, 0.2) is 58.4 Å². The van der Waals surface area contributed by atoms with Crippen LogP contribution >= 0.6 is 23.1 Å². The Labute approximate surface area is 231 Å². The van der Waals surface area contributed by atoms with E-state index in [1.54, 1.807) is 55.3 Å². The average Bonchev–Trinajstić information content (AvgIpc) is 3.65. The monoisotopic (exact) mass is 563 g/mol. The van der Waals surface area contributed by atoms with Crippen LogP contribution in [0.25, 0.3) is 0 Å². The van der Waals surface area contributed by atoms with Crippen molar-refractivity contribution in [3.8, 4) is 11.5 Å². The molecule has 3 heterocycles. The number of imide groups is 1. The summed E-state index contributed by atoms with van der Waals surface area (Å²) in [6.07, 6.45) is 0.740. The van der Waals surface area contributed by atoms with E-state index in [9.17, 15) is 24.3 Å². The molecule has 7 atom stereocenters. The molecule has 9 nitrogen and oxygen atoms in total. The van der Waals surface area contributed by atoms with Gasteiger partial charge in [-0.15, -0.1) is 11.8 Å². The zero-order valence-corrected chi connectivity index (χ0v) is 22.5. The van der Waals surface area contributed by atoms with Gasteiger partial charge in [0.25, 0.3) is 0 Å². The fourth-order valence-electron chi connectivity index (χ4n) is 7.35. The van der Waals surface area contributed by atoms with E-state index < -0.39 is 17.7 Å². The number of thiazole rings is 1. The smallest absolute Gasteiger partial charge is 0.305 e. The van der Waals surface area contributed by atoms with Crippen LogP contribution in [0, 0.1) is 29.6 Å². The maximum absolute atomic E-state index is 13.7. The van der Waals surface area contributed by atoms with Gasteiger partial charge in [0.15, 0.2) is 0 Å². The van der Waals surface area contributed by atoms with Crippen LogP contribution in [0.3, 0.4) is 0 Å². The zero-order chi connectivity index (χ0) is 27.0. The van der Waals surface area contributed by atoms with Crippen LogP contribution in [0.5, 0.6) is 11.5 Å². The Kier molecular flexibility index (Phi) is 5.64. The van der Waals surface area contributed by atoms with Gasteiger partial charge in [0.05, 0.1) is 24.0 Å². The molecule has 3 aromatic rings. The molecule has 3 N–H and O–H groups in total. The number of hydrogen-bond donors (Lipinski definition) is 3. The van der Waals surface area contributed by atoms with Crippen LogP contribution in [-0.4, -0.2) is 51.6 Å². The van der Waals surface area contributed by atoms with Gasteiger partial charge in [0, 0.05) is 27.3 Å². The molecular weight excluding hydrogens is 538 g/mol. The van der Waals surface area contributed by atoms with E-state index in [2.05, 4.69) is 10.3 Å². The number of phenols is 1. The number of aromatic hydroxyl groups is 1. The Morgan fingerprint density at radius 2 is 1.79 bits per heavy atom. The highest BCUT2D eigenvalue weighted by atomic mass is 32.2. The molecule has 39 heavy (non-hydrogen) atoms. The number of rotatable bonds is 5. The topological polar surface area (TPSA) is 129 Å². The second-order valence-electron chi connectivity index (χ2n) is 10.6. The number of benzene rings is 2. The number of H-pyrrole nitrogens is 1. The van der Waals surface area contributed by atoms with Gasteiger partial charge < -0.3 is 20.1 Å². The van der Waals surface area contributed by atoms with E-state index in [0.29, 0.717) is 11.4 Å². The van der Waals surface area contributed by atoms with Crippen molar-refractivity contribution in [2.75, 3.05) is 19.0 Å². The van der Waals surface area contributed by atoms with Crippen molar-refractivity contribution in [3.05, 3.63) is 68.6 Å². The maximum Gasteiger partial charge on any atom is 0.305 e. The van der Waals surface area contributed by atoms with E-state index in [-0.39, 0.29) is 57.9 Å². The van der Waals surface area contributed by atoms with Gasteiger partial charge in [0.1, 0.15) is 18.0 Å². The van der Waals surface area contributed by atoms with Gasteiger partial charge in [-0.25, -0.2) is 0 Å². The molecule has 0 spiro atoms. The fraction of sp³-hybridized carbons (Fsp3) is 0.357. The Balaban J connectivity index is 1.18. The number of carbonyl (C=O) groups is 3. The molecule has 2 bridgehead atoms. The molecule has 3 fully saturated rings. The number of nitrogens with one attached hydrogen (secondary N) is 2. The number of nitrogens with zero attached hydrogens (tertiary/aromatic N) is 1. The fourth-order valence-corrected chi connectivity index (χ4v) is 10.2. The van der Waals surface area contributed by atoms with E-state index in [4.69, 9.17) is 4.74 Å². The van der Waals surface area contributed by atoms with E-state index in [0.717, 1.165) is 38.1 Å². The normalized spacial score (nSPS) is 30.2. The highest BCUT2D eigenvalue weighted by Gasteiger charge is 2.69. The predicted octanol–water partition coefficient (Wildman–Crippen LogP) is 3.26. The van der Waals surface area contributed by atoms with Crippen molar-refractivity contribution < 1.29 is 24.2 Å². The SMILES string of the molecule is COc1ccc(NC(=O)CN2C(=O)C3C4CC(C3C2=O)C2C(c3ccccc3O)c3sc(=O)[nH]c3SC42)cc1. The highest BCUT2D eigenvalue weighted by Crippen LogP contribution is 2.68. The first-order chi connectivity index (χ1) is 18.9. The van der Waals surface area contributed by atoms with E-state index in [1.165, 1.54) is 0 Å². The Morgan fingerprint density at radius 3 is 2.51 bits per heavy atom. The first-order valence-corrected chi connectivity index (χ1v) is 14.5. The summed E-state index contributed by atoms with van der Waals surface area (Å²) in [4.78, 5) is 57.3. The summed E-state index contributed by atoms with van der Waals surface area (Å²) >= 11 is 2.74. The number of carbonyl (C=O) groups excluding carboxylic acids is 3. The summed E-state index contributed by atoms with van der Waals surface area (Å²) in [5.74, 6) is -1.57. The minimum Gasteiger partial charge on any atom is -0.508 e. The van der Waals surface area contributed by atoms with Crippen molar-refractivity contribution in [1.29, 1.82) is 0 Å². The third-order valence-corrected chi connectivity index (χ3v) is 11.4. The zero-order valence-electron chi connectivity index (χ0n) is 20.8. The molecule has 7 rings (SSSR count). The van der Waals surface area contributed by atoms with Crippen LogP contribution < -0.4 is 14.9 Å². The molecule has 2 saturated carbocycles. The summed E-state index contributed by atoms with van der Waals surface area (Å²) in [6, 6.07) is 14.0. The van der Waals surface area contributed by atoms with Crippen molar-refractivity contribution >= 4 is 46.5 Å². The molecule has 1 saturated heterocycles. The number of para-hydroxylation sites is 1. The molecule has 7 unspecified atom stereocenters. The number of aromatic amines is 1. The lowest BCUT2D eigenvalue weighted by molar-refractivity contribution is -0.143. The summed E-state index contributed by atoms with van der Waals surface area (Å²) in [7, 11) is 1.56. The van der Waals surface area contributed by atoms with Crippen molar-refractivity contribution in [1.82, 2.24) is 9.88 Å². The number of hydrogen-bond acceptors (Lipinski definition) is 8. The molecule has 200 valence electrons. The van der Waals surface area contributed by atoms with Crippen LogP contribution in [-0.2, 0) is 14.4 Å². The number of anilines is 1. The van der Waals surface area contributed by atoms with Gasteiger partial charge in [-0.05, 0) is 54.5 Å². The second-order valence-corrected chi connectivity index (χ2v) is 12.8.